The Balaban J connectivity index is 4.48. The predicted molar refractivity (Wildman–Crippen MR) is 63.2 cm³/mol. The molecule has 0 saturated heterocycles. The van der Waals surface area contributed by atoms with Crippen LogP contribution in [-0.4, -0.2) is 61.1 Å². The van der Waals surface area contributed by atoms with Crippen LogP contribution in [0.25, 0.3) is 0 Å². The first kappa shape index (κ1) is 15.2. The zero-order chi connectivity index (χ0) is 11.7. The molecule has 0 heterocycles. The molecule has 0 atom stereocenters. The topological polar surface area (TPSA) is 62.2 Å². The standard InChI is InChI=1S/C9H24NO4P/c1-4-13-15(3,14-5-2)10(6-8-11)7-9-12/h11-12,15H,4-9H2,1-3H3. The van der Waals surface area contributed by atoms with Gasteiger partial charge in [0.2, 0.25) is 0 Å². The molecule has 94 valence electrons. The average Bonchev–Trinajstić information content (AvgIpc) is 2.18. The third kappa shape index (κ3) is 5.20. The van der Waals surface area contributed by atoms with Gasteiger partial charge in [0.25, 0.3) is 0 Å². The van der Waals surface area contributed by atoms with Crippen molar-refractivity contribution < 1.29 is 19.3 Å². The van der Waals surface area contributed by atoms with Gasteiger partial charge in [-0.1, -0.05) is 0 Å². The molecule has 0 radical (unpaired) electrons. The van der Waals surface area contributed by atoms with E-state index in [1.165, 1.54) is 0 Å². The molecule has 0 aliphatic carbocycles. The van der Waals surface area contributed by atoms with Gasteiger partial charge in [-0.25, -0.2) is 0 Å². The van der Waals surface area contributed by atoms with E-state index in [0.29, 0.717) is 26.3 Å². The van der Waals surface area contributed by atoms with Gasteiger partial charge in [0, 0.05) is 0 Å². The molecule has 0 bridgehead atoms. The van der Waals surface area contributed by atoms with Crippen molar-refractivity contribution in [1.82, 2.24) is 4.67 Å². The summed E-state index contributed by atoms with van der Waals surface area (Å²) in [5.74, 6) is 0. The molecule has 0 aromatic rings. The van der Waals surface area contributed by atoms with Crippen molar-refractivity contribution in [3.63, 3.8) is 0 Å². The molecular formula is C9H24NO4P. The van der Waals surface area contributed by atoms with E-state index in [9.17, 15) is 0 Å². The molecule has 2 N–H and O–H groups in total. The number of hydrogen-bond acceptors (Lipinski definition) is 5. The summed E-state index contributed by atoms with van der Waals surface area (Å²) in [4.78, 5) is 0. The Bertz CT molecular complexity index is 147. The molecule has 0 aliphatic rings. The Labute approximate surface area is 92.5 Å². The van der Waals surface area contributed by atoms with E-state index in [1.807, 2.05) is 25.2 Å². The van der Waals surface area contributed by atoms with Crippen LogP contribution in [-0.2, 0) is 9.05 Å². The summed E-state index contributed by atoms with van der Waals surface area (Å²) < 4.78 is 13.2. The van der Waals surface area contributed by atoms with Crippen LogP contribution in [0.2, 0.25) is 0 Å². The summed E-state index contributed by atoms with van der Waals surface area (Å²) >= 11 is 0. The summed E-state index contributed by atoms with van der Waals surface area (Å²) in [5, 5.41) is 17.9. The van der Waals surface area contributed by atoms with Crippen molar-refractivity contribution in [3.8, 4) is 0 Å². The van der Waals surface area contributed by atoms with Gasteiger partial charge in [0.15, 0.2) is 0 Å². The van der Waals surface area contributed by atoms with Crippen LogP contribution in [0, 0.1) is 0 Å². The van der Waals surface area contributed by atoms with Gasteiger partial charge < -0.3 is 0 Å². The van der Waals surface area contributed by atoms with Crippen LogP contribution < -0.4 is 0 Å². The van der Waals surface area contributed by atoms with Crippen molar-refractivity contribution in [2.75, 3.05) is 46.2 Å². The molecule has 0 fully saturated rings. The SMILES string of the molecule is CCO[PH](C)(OCC)N(CCO)CCO. The van der Waals surface area contributed by atoms with Crippen LogP contribution in [0.4, 0.5) is 0 Å². The van der Waals surface area contributed by atoms with E-state index >= 15 is 0 Å². The fraction of sp³-hybridized carbons (Fsp3) is 1.00. The van der Waals surface area contributed by atoms with Gasteiger partial charge in [-0.05, 0) is 0 Å². The summed E-state index contributed by atoms with van der Waals surface area (Å²) in [5.41, 5.74) is 0. The summed E-state index contributed by atoms with van der Waals surface area (Å²) in [7, 11) is -2.41. The molecule has 6 heteroatoms. The van der Waals surface area contributed by atoms with Crippen LogP contribution >= 0.6 is 7.87 Å². The predicted octanol–water partition coefficient (Wildman–Crippen LogP) is 0.471. The summed E-state index contributed by atoms with van der Waals surface area (Å²) in [6.07, 6.45) is 0. The quantitative estimate of drug-likeness (QED) is 0.575. The first-order valence-electron chi connectivity index (χ1n) is 5.39. The second-order valence-corrected chi connectivity index (χ2v) is 6.20. The first-order valence-corrected chi connectivity index (χ1v) is 7.65. The number of aliphatic hydroxyl groups is 2. The maximum absolute atomic E-state index is 8.95. The van der Waals surface area contributed by atoms with Gasteiger partial charge >= 0.3 is 91.8 Å². The first-order chi connectivity index (χ1) is 7.14. The van der Waals surface area contributed by atoms with Crippen LogP contribution in [0.5, 0.6) is 0 Å². The molecule has 0 unspecified atom stereocenters. The van der Waals surface area contributed by atoms with Crippen molar-refractivity contribution in [3.05, 3.63) is 0 Å². The summed E-state index contributed by atoms with van der Waals surface area (Å²) in [6, 6.07) is 0. The molecule has 0 aromatic carbocycles. The molecule has 0 aliphatic heterocycles. The maximum atomic E-state index is 8.95. The third-order valence-corrected chi connectivity index (χ3v) is 5.38. The van der Waals surface area contributed by atoms with E-state index in [1.54, 1.807) is 0 Å². The van der Waals surface area contributed by atoms with Gasteiger partial charge in [-0.3, -0.25) is 0 Å². The molecule has 0 spiro atoms. The Morgan fingerprint density at radius 1 is 1.00 bits per heavy atom. The minimum atomic E-state index is -2.41. The van der Waals surface area contributed by atoms with Crippen LogP contribution in [0.15, 0.2) is 0 Å². The van der Waals surface area contributed by atoms with Gasteiger partial charge in [0.1, 0.15) is 0 Å². The van der Waals surface area contributed by atoms with Gasteiger partial charge in [-0.15, -0.1) is 0 Å². The van der Waals surface area contributed by atoms with E-state index in [0.717, 1.165) is 0 Å². The fourth-order valence-corrected chi connectivity index (χ4v) is 4.05. The number of nitrogens with zero attached hydrogens (tertiary/aromatic N) is 1. The molecule has 0 amide bonds. The molecule has 5 nitrogen and oxygen atoms in total. The van der Waals surface area contributed by atoms with E-state index in [2.05, 4.69) is 0 Å². The van der Waals surface area contributed by atoms with E-state index in [4.69, 9.17) is 19.3 Å². The van der Waals surface area contributed by atoms with Crippen molar-refractivity contribution in [1.29, 1.82) is 0 Å². The molecule has 0 aromatic heterocycles. The van der Waals surface area contributed by atoms with Crippen LogP contribution in [0.3, 0.4) is 0 Å². The van der Waals surface area contributed by atoms with Crippen molar-refractivity contribution in [2.24, 2.45) is 0 Å². The Hall–Kier alpha value is 0.230. The average molecular weight is 241 g/mol. The minimum absolute atomic E-state index is 0.0444. The third-order valence-electron chi connectivity index (χ3n) is 2.14. The second kappa shape index (κ2) is 8.39. The van der Waals surface area contributed by atoms with E-state index < -0.39 is 7.87 Å². The number of rotatable bonds is 9. The van der Waals surface area contributed by atoms with Gasteiger partial charge in [0.05, 0.1) is 0 Å². The van der Waals surface area contributed by atoms with E-state index in [-0.39, 0.29) is 13.2 Å². The number of aliphatic hydroxyl groups excluding tert-OH is 2. The zero-order valence-electron chi connectivity index (χ0n) is 9.90. The second-order valence-electron chi connectivity index (χ2n) is 3.20. The zero-order valence-corrected chi connectivity index (χ0v) is 10.9. The Morgan fingerprint density at radius 3 is 1.67 bits per heavy atom. The number of hydrogen-bond donors (Lipinski definition) is 2. The Morgan fingerprint density at radius 2 is 1.40 bits per heavy atom. The van der Waals surface area contributed by atoms with Crippen LogP contribution in [0.1, 0.15) is 13.8 Å². The normalized spacial score (nSPS) is 13.5. The monoisotopic (exact) mass is 241 g/mol. The molecule has 0 saturated carbocycles. The molecular weight excluding hydrogens is 217 g/mol. The summed E-state index contributed by atoms with van der Waals surface area (Å²) in [6.45, 7) is 7.97. The van der Waals surface area contributed by atoms with Crippen molar-refractivity contribution >= 4 is 7.87 Å². The van der Waals surface area contributed by atoms with Crippen molar-refractivity contribution in [2.45, 2.75) is 13.8 Å². The molecule has 0 rings (SSSR count). The van der Waals surface area contributed by atoms with Gasteiger partial charge in [-0.2, -0.15) is 0 Å². The fourth-order valence-electron chi connectivity index (χ4n) is 1.52. The molecule has 15 heavy (non-hydrogen) atoms. The Kier molecular flexibility index (Phi) is 8.52.